The van der Waals surface area contributed by atoms with Crippen LogP contribution in [0.3, 0.4) is 0 Å². The third kappa shape index (κ3) is 2.37. The van der Waals surface area contributed by atoms with Crippen molar-refractivity contribution in [3.63, 3.8) is 0 Å². The Morgan fingerprint density at radius 3 is 3.00 bits per heavy atom. The Balaban J connectivity index is 2.31. The average molecular weight is 280 g/mol. The van der Waals surface area contributed by atoms with Crippen LogP contribution in [0, 0.1) is 11.3 Å². The van der Waals surface area contributed by atoms with E-state index in [-0.39, 0.29) is 0 Å². The Kier molecular flexibility index (Phi) is 3.81. The van der Waals surface area contributed by atoms with Gasteiger partial charge in [-0.05, 0) is 41.0 Å². The Morgan fingerprint density at radius 2 is 2.19 bits per heavy atom. The van der Waals surface area contributed by atoms with E-state index in [0.29, 0.717) is 0 Å². The fourth-order valence-corrected chi connectivity index (χ4v) is 2.42. The predicted octanol–water partition coefficient (Wildman–Crippen LogP) is 2.12. The van der Waals surface area contributed by atoms with Gasteiger partial charge in [0, 0.05) is 24.1 Å². The summed E-state index contributed by atoms with van der Waals surface area (Å²) in [6.45, 7) is 4.02. The smallest absolute Gasteiger partial charge is 0.103 e. The van der Waals surface area contributed by atoms with E-state index in [2.05, 4.69) is 32.2 Å². The van der Waals surface area contributed by atoms with Gasteiger partial charge in [0.15, 0.2) is 0 Å². The van der Waals surface area contributed by atoms with E-state index >= 15 is 0 Å². The molecule has 16 heavy (non-hydrogen) atoms. The van der Waals surface area contributed by atoms with E-state index in [0.717, 1.165) is 48.3 Å². The zero-order valence-electron chi connectivity index (χ0n) is 9.04. The fraction of sp³-hybridized carbons (Fsp3) is 0.417. The van der Waals surface area contributed by atoms with Crippen LogP contribution in [0.5, 0.6) is 0 Å². The largest absolute Gasteiger partial charge is 0.369 e. The van der Waals surface area contributed by atoms with Crippen LogP contribution >= 0.6 is 15.9 Å². The summed E-state index contributed by atoms with van der Waals surface area (Å²) in [6.07, 6.45) is 1.12. The van der Waals surface area contributed by atoms with Crippen molar-refractivity contribution in [1.82, 2.24) is 5.32 Å². The van der Waals surface area contributed by atoms with Gasteiger partial charge in [0.2, 0.25) is 0 Å². The lowest BCUT2D eigenvalue weighted by atomic mass is 10.1. The Morgan fingerprint density at radius 1 is 1.31 bits per heavy atom. The molecule has 1 heterocycles. The number of rotatable bonds is 1. The third-order valence-corrected chi connectivity index (χ3v) is 3.45. The van der Waals surface area contributed by atoms with Crippen molar-refractivity contribution in [2.75, 3.05) is 31.1 Å². The van der Waals surface area contributed by atoms with Gasteiger partial charge in [-0.15, -0.1) is 0 Å². The summed E-state index contributed by atoms with van der Waals surface area (Å²) in [5.74, 6) is 0. The molecule has 0 aliphatic carbocycles. The molecule has 3 nitrogen and oxygen atoms in total. The highest BCUT2D eigenvalue weighted by molar-refractivity contribution is 9.10. The molecule has 0 radical (unpaired) electrons. The zero-order valence-corrected chi connectivity index (χ0v) is 10.6. The maximum absolute atomic E-state index is 9.18. The molecule has 0 spiro atoms. The first-order valence-corrected chi connectivity index (χ1v) is 6.26. The molecule has 1 aliphatic rings. The van der Waals surface area contributed by atoms with Gasteiger partial charge in [-0.25, -0.2) is 0 Å². The summed E-state index contributed by atoms with van der Waals surface area (Å²) in [6, 6.07) is 8.19. The Bertz CT molecular complexity index is 403. The van der Waals surface area contributed by atoms with Crippen LogP contribution in [0.15, 0.2) is 22.7 Å². The van der Waals surface area contributed by atoms with Gasteiger partial charge in [0.1, 0.15) is 6.07 Å². The summed E-state index contributed by atoms with van der Waals surface area (Å²) in [7, 11) is 0. The van der Waals surface area contributed by atoms with Gasteiger partial charge in [0.25, 0.3) is 0 Å². The lowest BCUT2D eigenvalue weighted by Gasteiger charge is -2.23. The molecule has 1 aromatic rings. The number of hydrogen-bond acceptors (Lipinski definition) is 3. The van der Waals surface area contributed by atoms with Gasteiger partial charge in [-0.1, -0.05) is 6.07 Å². The molecule has 0 aromatic heterocycles. The maximum atomic E-state index is 9.18. The van der Waals surface area contributed by atoms with Gasteiger partial charge in [-0.3, -0.25) is 0 Å². The standard InChI is InChI=1S/C12H14BrN3/c13-11-3-1-4-12(10(11)9-14)16-7-2-5-15-6-8-16/h1,3-4,15H,2,5-8H2. The molecule has 1 fully saturated rings. The summed E-state index contributed by atoms with van der Waals surface area (Å²) in [4.78, 5) is 2.28. The average Bonchev–Trinajstić information content (AvgIpc) is 2.57. The Labute approximate surface area is 104 Å². The fourth-order valence-electron chi connectivity index (χ4n) is 1.97. The predicted molar refractivity (Wildman–Crippen MR) is 68.6 cm³/mol. The topological polar surface area (TPSA) is 39.1 Å². The first-order chi connectivity index (χ1) is 7.83. The lowest BCUT2D eigenvalue weighted by Crippen LogP contribution is -2.28. The quantitative estimate of drug-likeness (QED) is 0.856. The molecule has 84 valence electrons. The Hall–Kier alpha value is -1.05. The first kappa shape index (κ1) is 11.4. The molecule has 0 amide bonds. The first-order valence-electron chi connectivity index (χ1n) is 5.47. The van der Waals surface area contributed by atoms with Crippen LogP contribution < -0.4 is 10.2 Å². The van der Waals surface area contributed by atoms with Crippen LogP contribution in [0.1, 0.15) is 12.0 Å². The lowest BCUT2D eigenvalue weighted by molar-refractivity contribution is 0.724. The van der Waals surface area contributed by atoms with Crippen molar-refractivity contribution in [2.45, 2.75) is 6.42 Å². The van der Waals surface area contributed by atoms with Crippen molar-refractivity contribution in [3.8, 4) is 6.07 Å². The maximum Gasteiger partial charge on any atom is 0.103 e. The van der Waals surface area contributed by atoms with Crippen molar-refractivity contribution < 1.29 is 0 Å². The van der Waals surface area contributed by atoms with E-state index in [1.807, 2.05) is 18.2 Å². The minimum absolute atomic E-state index is 0.740. The minimum Gasteiger partial charge on any atom is -0.369 e. The molecular weight excluding hydrogens is 266 g/mol. The highest BCUT2D eigenvalue weighted by atomic mass is 79.9. The monoisotopic (exact) mass is 279 g/mol. The number of benzene rings is 1. The number of nitriles is 1. The highest BCUT2D eigenvalue weighted by Gasteiger charge is 2.14. The van der Waals surface area contributed by atoms with Gasteiger partial charge in [-0.2, -0.15) is 5.26 Å². The molecular formula is C12H14BrN3. The number of nitrogens with zero attached hydrogens (tertiary/aromatic N) is 2. The molecule has 1 aromatic carbocycles. The summed E-state index contributed by atoms with van der Waals surface area (Å²) < 4.78 is 0.879. The van der Waals surface area contributed by atoms with E-state index in [4.69, 9.17) is 0 Å². The van der Waals surface area contributed by atoms with Crippen LogP contribution in [-0.2, 0) is 0 Å². The molecule has 0 atom stereocenters. The van der Waals surface area contributed by atoms with Crippen molar-refractivity contribution in [3.05, 3.63) is 28.2 Å². The van der Waals surface area contributed by atoms with E-state index in [1.165, 1.54) is 0 Å². The van der Waals surface area contributed by atoms with Crippen molar-refractivity contribution in [1.29, 1.82) is 5.26 Å². The van der Waals surface area contributed by atoms with E-state index in [1.54, 1.807) is 0 Å². The molecule has 2 rings (SSSR count). The summed E-state index contributed by atoms with van der Waals surface area (Å²) in [5, 5.41) is 12.5. The molecule has 0 unspecified atom stereocenters. The van der Waals surface area contributed by atoms with Gasteiger partial charge >= 0.3 is 0 Å². The van der Waals surface area contributed by atoms with E-state index in [9.17, 15) is 5.26 Å². The van der Waals surface area contributed by atoms with Crippen LogP contribution in [-0.4, -0.2) is 26.2 Å². The molecule has 1 saturated heterocycles. The molecule has 4 heteroatoms. The SMILES string of the molecule is N#Cc1c(Br)cccc1N1CCCNCC1. The molecule has 1 aliphatic heterocycles. The second-order valence-corrected chi connectivity index (χ2v) is 4.69. The second kappa shape index (κ2) is 5.33. The molecule has 1 N–H and O–H groups in total. The number of nitrogens with one attached hydrogen (secondary N) is 1. The third-order valence-electron chi connectivity index (χ3n) is 2.78. The zero-order chi connectivity index (χ0) is 11.4. The summed E-state index contributed by atoms with van der Waals surface area (Å²) >= 11 is 3.43. The van der Waals surface area contributed by atoms with Crippen molar-refractivity contribution >= 4 is 21.6 Å². The second-order valence-electron chi connectivity index (χ2n) is 3.84. The van der Waals surface area contributed by atoms with Gasteiger partial charge < -0.3 is 10.2 Å². The van der Waals surface area contributed by atoms with Gasteiger partial charge in [0.05, 0.1) is 11.3 Å². The highest BCUT2D eigenvalue weighted by Crippen LogP contribution is 2.27. The summed E-state index contributed by atoms with van der Waals surface area (Å²) in [5.41, 5.74) is 1.78. The van der Waals surface area contributed by atoms with Crippen LogP contribution in [0.2, 0.25) is 0 Å². The minimum atomic E-state index is 0.740. The number of hydrogen-bond donors (Lipinski definition) is 1. The van der Waals surface area contributed by atoms with Crippen LogP contribution in [0.4, 0.5) is 5.69 Å². The van der Waals surface area contributed by atoms with Crippen molar-refractivity contribution in [2.24, 2.45) is 0 Å². The normalized spacial score (nSPS) is 16.6. The molecule has 0 saturated carbocycles. The number of anilines is 1. The molecule has 0 bridgehead atoms. The van der Waals surface area contributed by atoms with E-state index < -0.39 is 0 Å². The number of halogens is 1. The van der Waals surface area contributed by atoms with Crippen LogP contribution in [0.25, 0.3) is 0 Å².